The molecule has 0 aliphatic heterocycles. The van der Waals surface area contributed by atoms with E-state index < -0.39 is 0 Å². The van der Waals surface area contributed by atoms with Crippen LogP contribution in [0.25, 0.3) is 0 Å². The van der Waals surface area contributed by atoms with Gasteiger partial charge in [-0.15, -0.1) is 0 Å². The second-order valence-electron chi connectivity index (χ2n) is 7.15. The maximum absolute atomic E-state index is 11.9. The highest BCUT2D eigenvalue weighted by Crippen LogP contribution is 2.48. The molecule has 1 amide bonds. The van der Waals surface area contributed by atoms with Crippen LogP contribution in [0.15, 0.2) is 0 Å². The van der Waals surface area contributed by atoms with Gasteiger partial charge in [0.1, 0.15) is 0 Å². The summed E-state index contributed by atoms with van der Waals surface area (Å²) in [6.07, 6.45) is 13.4. The van der Waals surface area contributed by atoms with E-state index in [-0.39, 0.29) is 11.9 Å². The minimum atomic E-state index is -0.0248. The number of carbonyl (C=O) groups excluding carboxylic acids is 1. The van der Waals surface area contributed by atoms with Crippen LogP contribution in [0.3, 0.4) is 0 Å². The zero-order valence-electron chi connectivity index (χ0n) is 12.2. The van der Waals surface area contributed by atoms with Crippen LogP contribution < -0.4 is 10.6 Å². The van der Waals surface area contributed by atoms with E-state index in [9.17, 15) is 4.79 Å². The summed E-state index contributed by atoms with van der Waals surface area (Å²) in [5, 5.41) is 6.64. The van der Waals surface area contributed by atoms with Crippen LogP contribution in [-0.2, 0) is 4.79 Å². The smallest absolute Gasteiger partial charge is 0.237 e. The number of hydrogen-bond donors (Lipinski definition) is 2. The fraction of sp³-hybridized carbons (Fsp3) is 0.938. The van der Waals surface area contributed by atoms with Crippen LogP contribution in [0, 0.1) is 5.41 Å². The van der Waals surface area contributed by atoms with Crippen LogP contribution in [0.1, 0.15) is 71.1 Å². The molecule has 0 aromatic heterocycles. The molecule has 0 heterocycles. The molecule has 108 valence electrons. The lowest BCUT2D eigenvalue weighted by atomic mass is 9.71. The first-order valence-corrected chi connectivity index (χ1v) is 8.23. The van der Waals surface area contributed by atoms with E-state index in [1.54, 1.807) is 0 Å². The second kappa shape index (κ2) is 5.43. The summed E-state index contributed by atoms with van der Waals surface area (Å²) >= 11 is 0. The topological polar surface area (TPSA) is 41.1 Å². The summed E-state index contributed by atoms with van der Waals surface area (Å²) in [5.41, 5.74) is 0.692. The van der Waals surface area contributed by atoms with Crippen molar-refractivity contribution < 1.29 is 4.79 Å². The zero-order chi connectivity index (χ0) is 13.3. The third kappa shape index (κ3) is 3.31. The molecule has 0 saturated heterocycles. The van der Waals surface area contributed by atoms with Crippen molar-refractivity contribution in [1.82, 2.24) is 10.6 Å². The Labute approximate surface area is 116 Å². The summed E-state index contributed by atoms with van der Waals surface area (Å²) in [4.78, 5) is 11.9. The molecule has 3 rings (SSSR count). The molecule has 1 unspecified atom stereocenters. The highest BCUT2D eigenvalue weighted by Gasteiger charge is 2.38. The van der Waals surface area contributed by atoms with E-state index in [2.05, 4.69) is 10.6 Å². The van der Waals surface area contributed by atoms with E-state index in [1.807, 2.05) is 6.92 Å². The van der Waals surface area contributed by atoms with E-state index in [1.165, 1.54) is 64.2 Å². The minimum absolute atomic E-state index is 0.0248. The van der Waals surface area contributed by atoms with Crippen molar-refractivity contribution in [2.24, 2.45) is 5.41 Å². The molecular weight excluding hydrogens is 236 g/mol. The van der Waals surface area contributed by atoms with Crippen LogP contribution in [0.2, 0.25) is 0 Å². The van der Waals surface area contributed by atoms with Gasteiger partial charge in [0.15, 0.2) is 0 Å². The quantitative estimate of drug-likeness (QED) is 0.820. The summed E-state index contributed by atoms with van der Waals surface area (Å²) in [6.45, 7) is 2.01. The molecule has 3 aliphatic carbocycles. The van der Waals surface area contributed by atoms with Gasteiger partial charge in [-0.1, -0.05) is 12.8 Å². The predicted octanol–water partition coefficient (Wildman–Crippen LogP) is 2.75. The minimum Gasteiger partial charge on any atom is -0.352 e. The Morgan fingerprint density at radius 2 is 1.63 bits per heavy atom. The fourth-order valence-corrected chi connectivity index (χ4v) is 4.00. The SMILES string of the molecule is CC(NC1CCC2(CCCC2)CC1)C(=O)NC1CC1. The fourth-order valence-electron chi connectivity index (χ4n) is 4.00. The molecule has 1 spiro atoms. The lowest BCUT2D eigenvalue weighted by molar-refractivity contribution is -0.123. The van der Waals surface area contributed by atoms with Gasteiger partial charge in [0.2, 0.25) is 5.91 Å². The van der Waals surface area contributed by atoms with Gasteiger partial charge in [0.25, 0.3) is 0 Å². The average molecular weight is 264 g/mol. The standard InChI is InChI=1S/C16H28N2O/c1-12(15(19)18-13-4-5-13)17-14-6-10-16(11-7-14)8-2-3-9-16/h12-14,17H,2-11H2,1H3,(H,18,19). The van der Waals surface area contributed by atoms with Gasteiger partial charge >= 0.3 is 0 Å². The molecule has 0 radical (unpaired) electrons. The van der Waals surface area contributed by atoms with Gasteiger partial charge in [-0.3, -0.25) is 4.79 Å². The summed E-state index contributed by atoms with van der Waals surface area (Å²) in [6, 6.07) is 1.01. The number of nitrogens with one attached hydrogen (secondary N) is 2. The Bertz CT molecular complexity index is 322. The number of hydrogen-bond acceptors (Lipinski definition) is 2. The van der Waals surface area contributed by atoms with Crippen molar-refractivity contribution >= 4 is 5.91 Å². The Morgan fingerprint density at radius 1 is 1.00 bits per heavy atom. The first-order valence-electron chi connectivity index (χ1n) is 8.23. The van der Waals surface area contributed by atoms with E-state index in [4.69, 9.17) is 0 Å². The Hall–Kier alpha value is -0.570. The Morgan fingerprint density at radius 3 is 2.21 bits per heavy atom. The van der Waals surface area contributed by atoms with Gasteiger partial charge in [-0.2, -0.15) is 0 Å². The molecule has 3 heteroatoms. The first kappa shape index (κ1) is 13.4. The average Bonchev–Trinajstić information content (AvgIpc) is 3.11. The molecule has 3 fully saturated rings. The molecule has 19 heavy (non-hydrogen) atoms. The number of rotatable bonds is 4. The first-order chi connectivity index (χ1) is 9.17. The molecule has 2 N–H and O–H groups in total. The van der Waals surface area contributed by atoms with Crippen LogP contribution in [-0.4, -0.2) is 24.0 Å². The largest absolute Gasteiger partial charge is 0.352 e. The Kier molecular flexibility index (Phi) is 3.84. The third-order valence-corrected chi connectivity index (χ3v) is 5.51. The highest BCUT2D eigenvalue weighted by molar-refractivity contribution is 5.81. The van der Waals surface area contributed by atoms with Gasteiger partial charge in [0.05, 0.1) is 6.04 Å². The van der Waals surface area contributed by atoms with E-state index in [0.717, 1.165) is 0 Å². The van der Waals surface area contributed by atoms with Gasteiger partial charge in [0, 0.05) is 12.1 Å². The predicted molar refractivity (Wildman–Crippen MR) is 76.9 cm³/mol. The van der Waals surface area contributed by atoms with Crippen molar-refractivity contribution in [1.29, 1.82) is 0 Å². The lowest BCUT2D eigenvalue weighted by Crippen LogP contribution is -2.48. The van der Waals surface area contributed by atoms with Crippen molar-refractivity contribution in [3.8, 4) is 0 Å². The molecular formula is C16H28N2O. The monoisotopic (exact) mass is 264 g/mol. The second-order valence-corrected chi connectivity index (χ2v) is 7.15. The maximum atomic E-state index is 11.9. The van der Waals surface area contributed by atoms with Gasteiger partial charge in [-0.25, -0.2) is 0 Å². The normalized spacial score (nSPS) is 28.5. The summed E-state index contributed by atoms with van der Waals surface area (Å²) in [5.74, 6) is 0.198. The zero-order valence-corrected chi connectivity index (χ0v) is 12.2. The number of amides is 1. The molecule has 3 saturated carbocycles. The van der Waals surface area contributed by atoms with Gasteiger partial charge < -0.3 is 10.6 Å². The van der Waals surface area contributed by atoms with Crippen LogP contribution in [0.5, 0.6) is 0 Å². The lowest BCUT2D eigenvalue weighted by Gasteiger charge is -2.38. The van der Waals surface area contributed by atoms with E-state index >= 15 is 0 Å². The van der Waals surface area contributed by atoms with Crippen LogP contribution in [0.4, 0.5) is 0 Å². The molecule has 0 bridgehead atoms. The van der Waals surface area contributed by atoms with Crippen molar-refractivity contribution in [3.63, 3.8) is 0 Å². The number of carbonyl (C=O) groups is 1. The Balaban J connectivity index is 1.42. The molecule has 1 atom stereocenters. The van der Waals surface area contributed by atoms with Gasteiger partial charge in [-0.05, 0) is 63.7 Å². The molecule has 3 aliphatic rings. The van der Waals surface area contributed by atoms with E-state index in [0.29, 0.717) is 17.5 Å². The molecule has 0 aromatic rings. The van der Waals surface area contributed by atoms with Crippen molar-refractivity contribution in [3.05, 3.63) is 0 Å². The van der Waals surface area contributed by atoms with Crippen LogP contribution >= 0.6 is 0 Å². The van der Waals surface area contributed by atoms with Crippen molar-refractivity contribution in [2.45, 2.75) is 89.3 Å². The summed E-state index contributed by atoms with van der Waals surface area (Å²) in [7, 11) is 0. The third-order valence-electron chi connectivity index (χ3n) is 5.51. The summed E-state index contributed by atoms with van der Waals surface area (Å²) < 4.78 is 0. The van der Waals surface area contributed by atoms with Crippen molar-refractivity contribution in [2.75, 3.05) is 0 Å². The molecule has 3 nitrogen and oxygen atoms in total. The molecule has 0 aromatic carbocycles. The highest BCUT2D eigenvalue weighted by atomic mass is 16.2. The maximum Gasteiger partial charge on any atom is 0.237 e.